The van der Waals surface area contributed by atoms with Crippen LogP contribution in [0.3, 0.4) is 0 Å². The molecule has 10 bridgehead atoms. The highest BCUT2D eigenvalue weighted by Crippen LogP contribution is 2.93. The topological polar surface area (TPSA) is 0 Å². The normalized spacial score (nSPS) is 73.7. The van der Waals surface area contributed by atoms with Gasteiger partial charge in [0.15, 0.2) is 0 Å². The Bertz CT molecular complexity index is 739. The van der Waals surface area contributed by atoms with Crippen molar-refractivity contribution < 1.29 is 0 Å². The minimum atomic E-state index is 0.731. The van der Waals surface area contributed by atoms with E-state index in [0.29, 0.717) is 0 Å². The molecule has 9 rings (SSSR count). The fourth-order valence-electron chi connectivity index (χ4n) is 11.8. The molecule has 0 heterocycles. The number of hydrogen-bond donors (Lipinski definition) is 0. The fourth-order valence-corrected chi connectivity index (χ4v) is 11.8. The van der Waals surface area contributed by atoms with Crippen molar-refractivity contribution in [3.05, 3.63) is 23.3 Å². The van der Waals surface area contributed by atoms with Crippen molar-refractivity contribution in [2.75, 3.05) is 0 Å². The molecule has 0 amide bonds. The highest BCUT2D eigenvalue weighted by atomic mass is 14.9. The smallest absolute Gasteiger partial charge is 0.00633 e. The van der Waals surface area contributed by atoms with Crippen LogP contribution >= 0.6 is 0 Å². The Morgan fingerprint density at radius 1 is 0.826 bits per heavy atom. The highest BCUT2D eigenvalue weighted by Gasteiger charge is 2.87. The summed E-state index contributed by atoms with van der Waals surface area (Å²) >= 11 is 0. The van der Waals surface area contributed by atoms with E-state index in [0.717, 1.165) is 70.0 Å². The van der Waals surface area contributed by atoms with Gasteiger partial charge in [-0.1, -0.05) is 37.1 Å². The molecule has 12 atom stereocenters. The average Bonchev–Trinajstić information content (AvgIpc) is 2.57. The Hall–Kier alpha value is -0.520. The minimum absolute atomic E-state index is 0.731. The van der Waals surface area contributed by atoms with E-state index in [9.17, 15) is 0 Å². The molecule has 0 N–H and O–H groups in total. The van der Waals surface area contributed by atoms with E-state index in [1.165, 1.54) is 6.42 Å². The fraction of sp³-hybridized carbons (Fsp3) is 0.826. The summed E-state index contributed by atoms with van der Waals surface area (Å²) < 4.78 is 0. The lowest BCUT2D eigenvalue weighted by molar-refractivity contribution is -0.229. The number of hydrogen-bond acceptors (Lipinski definition) is 0. The average molecular weight is 304 g/mol. The molecule has 0 aromatic rings. The van der Waals surface area contributed by atoms with E-state index in [2.05, 4.69) is 26.0 Å². The summed E-state index contributed by atoms with van der Waals surface area (Å²) in [5.41, 5.74) is 5.61. The lowest BCUT2D eigenvalue weighted by Gasteiger charge is -2.75. The van der Waals surface area contributed by atoms with Gasteiger partial charge >= 0.3 is 0 Å². The van der Waals surface area contributed by atoms with Crippen molar-refractivity contribution in [1.82, 2.24) is 0 Å². The Balaban J connectivity index is 1.55. The molecule has 0 aromatic carbocycles. The van der Waals surface area contributed by atoms with E-state index in [1.54, 1.807) is 25.7 Å². The quantitative estimate of drug-likeness (QED) is 0.548. The first-order valence-corrected chi connectivity index (χ1v) is 10.6. The predicted molar refractivity (Wildman–Crippen MR) is 90.4 cm³/mol. The summed E-state index contributed by atoms with van der Waals surface area (Å²) in [6, 6.07) is 0. The van der Waals surface area contributed by atoms with Crippen LogP contribution in [-0.4, -0.2) is 0 Å². The minimum Gasteiger partial charge on any atom is -0.0818 e. The van der Waals surface area contributed by atoms with E-state index >= 15 is 0 Å². The van der Waals surface area contributed by atoms with Gasteiger partial charge in [-0.2, -0.15) is 0 Å². The Labute approximate surface area is 139 Å². The van der Waals surface area contributed by atoms with Gasteiger partial charge in [-0.05, 0) is 102 Å². The van der Waals surface area contributed by atoms with Crippen LogP contribution in [-0.2, 0) is 0 Å². The van der Waals surface area contributed by atoms with E-state index < -0.39 is 0 Å². The zero-order valence-electron chi connectivity index (χ0n) is 14.5. The van der Waals surface area contributed by atoms with Crippen LogP contribution in [0.4, 0.5) is 0 Å². The Morgan fingerprint density at radius 2 is 1.57 bits per heavy atom. The third-order valence-corrected chi connectivity index (χ3v) is 10.8. The zero-order chi connectivity index (χ0) is 14.9. The van der Waals surface area contributed by atoms with Gasteiger partial charge in [-0.15, -0.1) is 0 Å². The van der Waals surface area contributed by atoms with Crippen LogP contribution in [0.2, 0.25) is 0 Å². The van der Waals surface area contributed by atoms with Crippen molar-refractivity contribution in [2.45, 2.75) is 46.0 Å². The van der Waals surface area contributed by atoms with Crippen LogP contribution in [0.1, 0.15) is 46.0 Å². The van der Waals surface area contributed by atoms with E-state index in [4.69, 9.17) is 0 Å². The van der Waals surface area contributed by atoms with Crippen LogP contribution in [0.15, 0.2) is 23.3 Å². The lowest BCUT2D eigenvalue weighted by Crippen LogP contribution is -2.70. The standard InChI is InChI=1S/C23H28/c1-10-3-13-17-14-5-12-6-15(17)21-22(7-10)8-11(2)4-16-18(14)23(21,9-12)20(16)19(13)22/h3-4,10-12,14-15,17-21H,5-9H2,1-2H3. The maximum absolute atomic E-state index is 2.83. The van der Waals surface area contributed by atoms with Gasteiger partial charge in [-0.25, -0.2) is 0 Å². The second-order valence-electron chi connectivity index (χ2n) is 11.3. The van der Waals surface area contributed by atoms with Gasteiger partial charge < -0.3 is 0 Å². The summed E-state index contributed by atoms with van der Waals surface area (Å²) in [6.07, 6.45) is 13.6. The molecule has 120 valence electrons. The Kier molecular flexibility index (Phi) is 1.58. The van der Waals surface area contributed by atoms with Gasteiger partial charge in [0.05, 0.1) is 0 Å². The van der Waals surface area contributed by atoms with Crippen molar-refractivity contribution in [2.24, 2.45) is 70.0 Å². The molecule has 0 heteroatoms. The molecule has 0 aliphatic heterocycles. The first-order chi connectivity index (χ1) is 11.1. The summed E-state index contributed by atoms with van der Waals surface area (Å²) in [7, 11) is 0. The molecule has 7 saturated carbocycles. The molecular formula is C23H28. The number of rotatable bonds is 0. The zero-order valence-corrected chi connectivity index (χ0v) is 14.5. The monoisotopic (exact) mass is 304 g/mol. The van der Waals surface area contributed by atoms with E-state index in [-0.39, 0.29) is 0 Å². The summed E-state index contributed by atoms with van der Waals surface area (Å²) in [6.45, 7) is 5.10. The molecule has 9 aliphatic rings. The summed E-state index contributed by atoms with van der Waals surface area (Å²) in [4.78, 5) is 0. The van der Waals surface area contributed by atoms with Crippen molar-refractivity contribution in [3.63, 3.8) is 0 Å². The molecule has 1 spiro atoms. The van der Waals surface area contributed by atoms with Crippen molar-refractivity contribution >= 4 is 0 Å². The lowest BCUT2D eigenvalue weighted by atomic mass is 9.28. The SMILES string of the molecule is CC1C=C2C3C4CC5CC3C3C6(C1)CC(C)C=C1C4C3(C5)C1C26. The molecule has 23 heavy (non-hydrogen) atoms. The first kappa shape index (κ1) is 11.9. The third-order valence-electron chi connectivity index (χ3n) is 10.8. The predicted octanol–water partition coefficient (Wildman–Crippen LogP) is 5.07. The molecular weight excluding hydrogens is 276 g/mol. The summed E-state index contributed by atoms with van der Waals surface area (Å²) in [5.74, 6) is 10.3. The Morgan fingerprint density at radius 3 is 2.39 bits per heavy atom. The molecule has 0 nitrogen and oxygen atoms in total. The second kappa shape index (κ2) is 3.04. The maximum atomic E-state index is 2.83. The van der Waals surface area contributed by atoms with Gasteiger partial charge in [0.25, 0.3) is 0 Å². The van der Waals surface area contributed by atoms with Gasteiger partial charge in [0.1, 0.15) is 0 Å². The third kappa shape index (κ3) is 0.876. The molecule has 9 aliphatic carbocycles. The van der Waals surface area contributed by atoms with Gasteiger partial charge in [0, 0.05) is 0 Å². The van der Waals surface area contributed by atoms with Crippen LogP contribution in [0.5, 0.6) is 0 Å². The van der Waals surface area contributed by atoms with Crippen LogP contribution in [0, 0.1) is 70.0 Å². The molecule has 0 aromatic heterocycles. The molecule has 7 fully saturated rings. The summed E-state index contributed by atoms with van der Waals surface area (Å²) in [5, 5.41) is 0. The molecule has 0 radical (unpaired) electrons. The van der Waals surface area contributed by atoms with Crippen LogP contribution < -0.4 is 0 Å². The largest absolute Gasteiger partial charge is 0.0818 e. The maximum Gasteiger partial charge on any atom is -0.00633 e. The second-order valence-corrected chi connectivity index (χ2v) is 11.3. The van der Waals surface area contributed by atoms with Crippen molar-refractivity contribution in [3.8, 4) is 0 Å². The molecule has 0 saturated heterocycles. The van der Waals surface area contributed by atoms with Crippen LogP contribution in [0.25, 0.3) is 0 Å². The van der Waals surface area contributed by atoms with E-state index in [1.807, 2.05) is 11.1 Å². The van der Waals surface area contributed by atoms with Gasteiger partial charge in [0.2, 0.25) is 0 Å². The highest BCUT2D eigenvalue weighted by molar-refractivity contribution is 5.53. The number of allylic oxidation sites excluding steroid dienone is 4. The molecule has 12 unspecified atom stereocenters. The first-order valence-electron chi connectivity index (χ1n) is 10.6. The van der Waals surface area contributed by atoms with Gasteiger partial charge in [-0.3, -0.25) is 0 Å². The van der Waals surface area contributed by atoms with Crippen molar-refractivity contribution in [1.29, 1.82) is 0 Å².